The van der Waals surface area contributed by atoms with E-state index in [1.54, 1.807) is 4.90 Å². The van der Waals surface area contributed by atoms with Gasteiger partial charge in [0.15, 0.2) is 6.23 Å². The summed E-state index contributed by atoms with van der Waals surface area (Å²) in [6, 6.07) is -2.30. The molecule has 6 atom stereocenters. The summed E-state index contributed by atoms with van der Waals surface area (Å²) in [6.45, 7) is 7.99. The van der Waals surface area contributed by atoms with Crippen LogP contribution < -0.4 is 10.6 Å². The number of carboxylic acids is 1. The Morgan fingerprint density at radius 1 is 0.600 bits per heavy atom. The van der Waals surface area contributed by atoms with E-state index in [0.29, 0.717) is 19.4 Å². The molecule has 1 fully saturated rings. The molecule has 0 bridgehead atoms. The van der Waals surface area contributed by atoms with E-state index in [9.17, 15) is 34.5 Å². The van der Waals surface area contributed by atoms with Gasteiger partial charge >= 0.3 is 5.97 Å². The maximum atomic E-state index is 14.1. The number of nitrogens with one attached hydrogen (secondary N) is 2. The highest BCUT2D eigenvalue weighted by atomic mass is 16.5. The fraction of sp³-hybridized carbons (Fsp3) is 0.917. The molecule has 0 aromatic heterocycles. The molecule has 352 valence electrons. The number of carboxylic acid groups (broad SMARTS) is 1. The molecule has 1 saturated heterocycles. The van der Waals surface area contributed by atoms with E-state index in [4.69, 9.17) is 9.84 Å². The van der Waals surface area contributed by atoms with Gasteiger partial charge in [-0.25, -0.2) is 0 Å². The standard InChI is InChI=1S/C48H91N3O9/c1-5-7-9-11-13-15-17-19-20-21-22-24-26-28-30-32-42(54)51(35-31-29-27-25-23-18-16-14-12-10-8-6-2)48-44(46(58)45(57)40(37-52)60-48)50-47(59)39(36-38(3)4)49-41(53)33-34-43(55)56/h38-40,44-46,48,52,57-58H,5-37H2,1-4H3,(H,49,53)(H,50,59)(H,55,56)/t39-,40+,44-,45+,46+,48+/m0/s1. The lowest BCUT2D eigenvalue weighted by Crippen LogP contribution is -2.70. The second kappa shape index (κ2) is 36.2. The number of hydrogen-bond acceptors (Lipinski definition) is 8. The van der Waals surface area contributed by atoms with Crippen LogP contribution in [0.4, 0.5) is 0 Å². The van der Waals surface area contributed by atoms with Crippen LogP contribution in [-0.2, 0) is 23.9 Å². The van der Waals surface area contributed by atoms with E-state index in [1.807, 2.05) is 13.8 Å². The number of aliphatic hydroxyl groups excluding tert-OH is 3. The predicted molar refractivity (Wildman–Crippen MR) is 240 cm³/mol. The number of hydrogen-bond donors (Lipinski definition) is 6. The number of carbonyl (C=O) groups is 4. The van der Waals surface area contributed by atoms with Gasteiger partial charge in [-0.1, -0.05) is 188 Å². The fourth-order valence-electron chi connectivity index (χ4n) is 8.28. The lowest BCUT2D eigenvalue weighted by atomic mass is 9.94. The van der Waals surface area contributed by atoms with Crippen LogP contribution in [0.15, 0.2) is 0 Å². The van der Waals surface area contributed by atoms with Crippen molar-refractivity contribution >= 4 is 23.7 Å². The van der Waals surface area contributed by atoms with Crippen LogP contribution in [-0.4, -0.2) is 98.8 Å². The number of carbonyl (C=O) groups excluding carboxylic acids is 3. The molecule has 12 nitrogen and oxygen atoms in total. The van der Waals surface area contributed by atoms with Crippen molar-refractivity contribution in [2.24, 2.45) is 5.92 Å². The van der Waals surface area contributed by atoms with E-state index in [2.05, 4.69) is 24.5 Å². The molecule has 0 aromatic rings. The molecule has 1 rings (SSSR count). The zero-order valence-electron chi connectivity index (χ0n) is 38.7. The molecule has 0 spiro atoms. The minimum absolute atomic E-state index is 0.0213. The number of amides is 3. The predicted octanol–water partition coefficient (Wildman–Crippen LogP) is 9.10. The van der Waals surface area contributed by atoms with Crippen LogP contribution in [0, 0.1) is 5.92 Å². The van der Waals surface area contributed by atoms with E-state index >= 15 is 0 Å². The van der Waals surface area contributed by atoms with Crippen molar-refractivity contribution in [3.63, 3.8) is 0 Å². The molecule has 0 unspecified atom stereocenters. The largest absolute Gasteiger partial charge is 0.481 e. The first kappa shape index (κ1) is 55.7. The van der Waals surface area contributed by atoms with Crippen molar-refractivity contribution in [2.75, 3.05) is 13.2 Å². The second-order valence-corrected chi connectivity index (χ2v) is 18.1. The lowest BCUT2D eigenvalue weighted by molar-refractivity contribution is -0.231. The Balaban J connectivity index is 2.93. The van der Waals surface area contributed by atoms with Crippen LogP contribution >= 0.6 is 0 Å². The molecular weight excluding hydrogens is 763 g/mol. The zero-order chi connectivity index (χ0) is 44.4. The Labute approximate surface area is 365 Å². The number of rotatable bonds is 39. The summed E-state index contributed by atoms with van der Waals surface area (Å²) in [7, 11) is 0. The number of unbranched alkanes of at least 4 members (excludes halogenated alkanes) is 25. The molecule has 1 heterocycles. The Morgan fingerprint density at radius 2 is 1.03 bits per heavy atom. The Morgan fingerprint density at radius 3 is 1.45 bits per heavy atom. The SMILES string of the molecule is CCCCCCCCCCCCCCCCCC(=O)N(CCCCCCCCCCCCCC)[C@@H]1O[C@H](CO)[C@@H](O)[C@H](O)[C@@H]1NC(=O)[C@H](CC(C)C)NC(=O)CCC(=O)O. The number of aliphatic carboxylic acids is 1. The van der Waals surface area contributed by atoms with Crippen LogP contribution in [0.5, 0.6) is 0 Å². The normalized spacial score (nSPS) is 19.6. The third-order valence-corrected chi connectivity index (χ3v) is 12.0. The summed E-state index contributed by atoms with van der Waals surface area (Å²) in [4.78, 5) is 53.2. The van der Waals surface area contributed by atoms with E-state index in [-0.39, 0.29) is 37.5 Å². The van der Waals surface area contributed by atoms with Crippen molar-refractivity contribution in [3.8, 4) is 0 Å². The van der Waals surface area contributed by atoms with Gasteiger partial charge in [0, 0.05) is 19.4 Å². The first-order valence-electron chi connectivity index (χ1n) is 24.7. The summed E-state index contributed by atoms with van der Waals surface area (Å²) in [5, 5.41) is 47.0. The zero-order valence-corrected chi connectivity index (χ0v) is 38.7. The molecule has 0 aliphatic carbocycles. The van der Waals surface area contributed by atoms with E-state index in [1.165, 1.54) is 122 Å². The molecule has 6 N–H and O–H groups in total. The fourth-order valence-corrected chi connectivity index (χ4v) is 8.28. The van der Waals surface area contributed by atoms with Crippen molar-refractivity contribution in [1.29, 1.82) is 0 Å². The Bertz CT molecular complexity index is 1110. The molecular formula is C48H91N3O9. The highest BCUT2D eigenvalue weighted by molar-refractivity contribution is 5.89. The van der Waals surface area contributed by atoms with Gasteiger partial charge < -0.3 is 40.7 Å². The Hall–Kier alpha value is -2.28. The summed E-state index contributed by atoms with van der Waals surface area (Å²) in [6.07, 6.45) is 26.5. The minimum atomic E-state index is -1.57. The monoisotopic (exact) mass is 854 g/mol. The highest BCUT2D eigenvalue weighted by Crippen LogP contribution is 2.26. The minimum Gasteiger partial charge on any atom is -0.481 e. The first-order chi connectivity index (χ1) is 29.0. The summed E-state index contributed by atoms with van der Waals surface area (Å²) >= 11 is 0. The van der Waals surface area contributed by atoms with Crippen molar-refractivity contribution in [3.05, 3.63) is 0 Å². The van der Waals surface area contributed by atoms with Gasteiger partial charge in [0.25, 0.3) is 0 Å². The molecule has 0 radical (unpaired) electrons. The van der Waals surface area contributed by atoms with Gasteiger partial charge in [-0.05, 0) is 25.2 Å². The molecule has 0 saturated carbocycles. The van der Waals surface area contributed by atoms with Gasteiger partial charge in [0.1, 0.15) is 30.4 Å². The quantitative estimate of drug-likeness (QED) is 0.0328. The number of nitrogens with zero attached hydrogens (tertiary/aromatic N) is 1. The maximum Gasteiger partial charge on any atom is 0.303 e. The molecule has 1 aliphatic heterocycles. The molecule has 60 heavy (non-hydrogen) atoms. The molecule has 0 aromatic carbocycles. The van der Waals surface area contributed by atoms with Crippen LogP contribution in [0.2, 0.25) is 0 Å². The average Bonchev–Trinajstić information content (AvgIpc) is 3.21. The number of ether oxygens (including phenoxy) is 1. The van der Waals surface area contributed by atoms with Gasteiger partial charge in [-0.2, -0.15) is 0 Å². The van der Waals surface area contributed by atoms with E-state index in [0.717, 1.165) is 38.5 Å². The van der Waals surface area contributed by atoms with Crippen LogP contribution in [0.3, 0.4) is 0 Å². The lowest BCUT2D eigenvalue weighted by Gasteiger charge is -2.47. The highest BCUT2D eigenvalue weighted by Gasteiger charge is 2.48. The first-order valence-corrected chi connectivity index (χ1v) is 24.7. The van der Waals surface area contributed by atoms with Gasteiger partial charge in [0.05, 0.1) is 13.0 Å². The third-order valence-electron chi connectivity index (χ3n) is 12.0. The van der Waals surface area contributed by atoms with Gasteiger partial charge in [-0.3, -0.25) is 19.2 Å². The maximum absolute atomic E-state index is 14.1. The molecule has 3 amide bonds. The Kier molecular flexibility index (Phi) is 33.7. The van der Waals surface area contributed by atoms with Gasteiger partial charge in [0.2, 0.25) is 17.7 Å². The summed E-state index contributed by atoms with van der Waals surface area (Å²) in [5.41, 5.74) is 0. The van der Waals surface area contributed by atoms with Crippen molar-refractivity contribution in [1.82, 2.24) is 15.5 Å². The summed E-state index contributed by atoms with van der Waals surface area (Å²) < 4.78 is 6.19. The van der Waals surface area contributed by atoms with Crippen molar-refractivity contribution in [2.45, 2.75) is 263 Å². The average molecular weight is 854 g/mol. The smallest absolute Gasteiger partial charge is 0.303 e. The van der Waals surface area contributed by atoms with Crippen LogP contribution in [0.25, 0.3) is 0 Å². The van der Waals surface area contributed by atoms with Crippen molar-refractivity contribution < 1.29 is 44.3 Å². The second-order valence-electron chi connectivity index (χ2n) is 18.1. The number of aliphatic hydroxyl groups is 3. The third kappa shape index (κ3) is 26.3. The van der Waals surface area contributed by atoms with Gasteiger partial charge in [-0.15, -0.1) is 0 Å². The topological polar surface area (TPSA) is 186 Å². The van der Waals surface area contributed by atoms with E-state index < -0.39 is 61.0 Å². The molecule has 12 heteroatoms. The molecule has 1 aliphatic rings. The van der Waals surface area contributed by atoms with Crippen LogP contribution in [0.1, 0.15) is 227 Å². The summed E-state index contributed by atoms with van der Waals surface area (Å²) in [5.74, 6) is -2.55.